The molecule has 0 heterocycles. The van der Waals surface area contributed by atoms with Gasteiger partial charge in [0.05, 0.1) is 6.61 Å². The van der Waals surface area contributed by atoms with Crippen LogP contribution in [0.3, 0.4) is 0 Å². The Morgan fingerprint density at radius 2 is 1.79 bits per heavy atom. The van der Waals surface area contributed by atoms with E-state index in [1.54, 1.807) is 0 Å². The van der Waals surface area contributed by atoms with Gasteiger partial charge < -0.3 is 10.1 Å². The summed E-state index contributed by atoms with van der Waals surface area (Å²) in [4.78, 5) is 0. The molecule has 1 unspecified atom stereocenters. The van der Waals surface area contributed by atoms with E-state index in [1.165, 1.54) is 31.2 Å². The van der Waals surface area contributed by atoms with Crippen molar-refractivity contribution in [2.24, 2.45) is 5.92 Å². The van der Waals surface area contributed by atoms with Gasteiger partial charge in [0, 0.05) is 6.04 Å². The van der Waals surface area contributed by atoms with Crippen molar-refractivity contribution in [1.29, 1.82) is 0 Å². The van der Waals surface area contributed by atoms with Crippen LogP contribution in [0, 0.1) is 5.92 Å². The Hall–Kier alpha value is -1.02. The van der Waals surface area contributed by atoms with E-state index >= 15 is 0 Å². The quantitative estimate of drug-likeness (QED) is 0.705. The Balaban J connectivity index is 2.89. The first-order valence-corrected chi connectivity index (χ1v) is 7.66. The Morgan fingerprint density at radius 3 is 2.32 bits per heavy atom. The molecule has 0 fully saturated rings. The molecule has 0 aliphatic rings. The maximum Gasteiger partial charge on any atom is 0.119 e. The molecule has 0 amide bonds. The molecule has 0 spiro atoms. The van der Waals surface area contributed by atoms with Crippen molar-refractivity contribution in [1.82, 2.24) is 5.32 Å². The van der Waals surface area contributed by atoms with Crippen molar-refractivity contribution in [2.45, 2.75) is 52.5 Å². The Bertz CT molecular complexity index is 345. The summed E-state index contributed by atoms with van der Waals surface area (Å²) in [5, 5.41) is 3.50. The van der Waals surface area contributed by atoms with Crippen LogP contribution in [0.4, 0.5) is 0 Å². The molecular formula is C17H29NO. The minimum Gasteiger partial charge on any atom is -0.494 e. The number of hydrogen-bond acceptors (Lipinski definition) is 2. The van der Waals surface area contributed by atoms with E-state index in [2.05, 4.69) is 44.4 Å². The molecule has 0 radical (unpaired) electrons. The summed E-state index contributed by atoms with van der Waals surface area (Å²) in [6, 6.07) is 8.96. The molecule has 0 saturated heterocycles. The van der Waals surface area contributed by atoms with E-state index in [4.69, 9.17) is 4.74 Å². The first-order chi connectivity index (χ1) is 9.26. The number of ether oxygens (including phenoxy) is 1. The van der Waals surface area contributed by atoms with E-state index in [-0.39, 0.29) is 0 Å². The molecule has 1 rings (SSSR count). The van der Waals surface area contributed by atoms with E-state index in [0.717, 1.165) is 12.4 Å². The molecule has 0 aliphatic heterocycles. The average molecular weight is 263 g/mol. The van der Waals surface area contributed by atoms with Crippen molar-refractivity contribution < 1.29 is 4.74 Å². The summed E-state index contributed by atoms with van der Waals surface area (Å²) in [5.74, 6) is 1.68. The summed E-state index contributed by atoms with van der Waals surface area (Å²) >= 11 is 0. The third kappa shape index (κ3) is 4.87. The monoisotopic (exact) mass is 263 g/mol. The van der Waals surface area contributed by atoms with Crippen molar-refractivity contribution in [3.8, 4) is 5.75 Å². The van der Waals surface area contributed by atoms with E-state index in [0.29, 0.717) is 12.0 Å². The van der Waals surface area contributed by atoms with Gasteiger partial charge in [-0.25, -0.2) is 0 Å². The van der Waals surface area contributed by atoms with E-state index in [1.807, 2.05) is 13.0 Å². The van der Waals surface area contributed by atoms with Gasteiger partial charge >= 0.3 is 0 Å². The first-order valence-electron chi connectivity index (χ1n) is 7.66. The Labute approximate surface area is 118 Å². The van der Waals surface area contributed by atoms with Gasteiger partial charge in [-0.05, 0) is 50.4 Å². The van der Waals surface area contributed by atoms with Gasteiger partial charge in [-0.3, -0.25) is 0 Å². The van der Waals surface area contributed by atoms with Crippen LogP contribution >= 0.6 is 0 Å². The highest BCUT2D eigenvalue weighted by atomic mass is 16.5. The molecule has 0 bridgehead atoms. The lowest BCUT2D eigenvalue weighted by Gasteiger charge is -2.27. The van der Waals surface area contributed by atoms with Gasteiger partial charge in [0.15, 0.2) is 0 Å². The van der Waals surface area contributed by atoms with Crippen LogP contribution in [0.15, 0.2) is 24.3 Å². The maximum atomic E-state index is 5.61. The molecule has 1 aromatic rings. The standard InChI is InChI=1S/C17H29NO/c1-5-9-14(10-6-2)17(18-4)15-11-8-12-16(13-15)19-7-3/h8,11-14,17-18H,5-7,9-10H2,1-4H3. The molecule has 108 valence electrons. The van der Waals surface area contributed by atoms with Crippen LogP contribution in [0.5, 0.6) is 5.75 Å². The van der Waals surface area contributed by atoms with Gasteiger partial charge in [-0.15, -0.1) is 0 Å². The van der Waals surface area contributed by atoms with Crippen molar-refractivity contribution in [2.75, 3.05) is 13.7 Å². The largest absolute Gasteiger partial charge is 0.494 e. The molecule has 2 nitrogen and oxygen atoms in total. The lowest BCUT2D eigenvalue weighted by atomic mass is 9.86. The van der Waals surface area contributed by atoms with Gasteiger partial charge in [-0.2, -0.15) is 0 Å². The fourth-order valence-electron chi connectivity index (χ4n) is 2.86. The third-order valence-electron chi connectivity index (χ3n) is 3.63. The smallest absolute Gasteiger partial charge is 0.119 e. The molecule has 1 N–H and O–H groups in total. The highest BCUT2D eigenvalue weighted by molar-refractivity contribution is 5.31. The molecule has 0 aromatic heterocycles. The summed E-state index contributed by atoms with van der Waals surface area (Å²) < 4.78 is 5.61. The summed E-state index contributed by atoms with van der Waals surface area (Å²) in [6.45, 7) is 7.29. The zero-order valence-electron chi connectivity index (χ0n) is 12.9. The molecule has 0 saturated carbocycles. The molecule has 19 heavy (non-hydrogen) atoms. The molecule has 1 aromatic carbocycles. The van der Waals surface area contributed by atoms with Gasteiger partial charge in [0.25, 0.3) is 0 Å². The van der Waals surface area contributed by atoms with Crippen LogP contribution in [0.2, 0.25) is 0 Å². The zero-order chi connectivity index (χ0) is 14.1. The average Bonchev–Trinajstić information content (AvgIpc) is 2.41. The van der Waals surface area contributed by atoms with E-state index in [9.17, 15) is 0 Å². The fourth-order valence-corrected chi connectivity index (χ4v) is 2.86. The second kappa shape index (κ2) is 8.98. The van der Waals surface area contributed by atoms with Crippen molar-refractivity contribution in [3.05, 3.63) is 29.8 Å². The van der Waals surface area contributed by atoms with Crippen molar-refractivity contribution in [3.63, 3.8) is 0 Å². The highest BCUT2D eigenvalue weighted by Crippen LogP contribution is 2.31. The third-order valence-corrected chi connectivity index (χ3v) is 3.63. The van der Waals surface area contributed by atoms with Gasteiger partial charge in [-0.1, -0.05) is 38.8 Å². The SMILES string of the molecule is CCCC(CCC)C(NC)c1cccc(OCC)c1. The molecule has 2 heteroatoms. The lowest BCUT2D eigenvalue weighted by molar-refractivity contribution is 0.324. The minimum absolute atomic E-state index is 0.431. The number of nitrogens with one attached hydrogen (secondary N) is 1. The summed E-state index contributed by atoms with van der Waals surface area (Å²) in [7, 11) is 2.07. The number of benzene rings is 1. The van der Waals surface area contributed by atoms with Crippen LogP contribution < -0.4 is 10.1 Å². The molecular weight excluding hydrogens is 234 g/mol. The molecule has 1 atom stereocenters. The van der Waals surface area contributed by atoms with Crippen molar-refractivity contribution >= 4 is 0 Å². The first kappa shape index (κ1) is 16.0. The highest BCUT2D eigenvalue weighted by Gasteiger charge is 2.20. The van der Waals surface area contributed by atoms with Crippen LogP contribution in [0.1, 0.15) is 58.1 Å². The Kier molecular flexibility index (Phi) is 7.57. The Morgan fingerprint density at radius 1 is 1.11 bits per heavy atom. The maximum absolute atomic E-state index is 5.61. The number of hydrogen-bond donors (Lipinski definition) is 1. The van der Waals surface area contributed by atoms with Crippen LogP contribution in [0.25, 0.3) is 0 Å². The summed E-state index contributed by atoms with van der Waals surface area (Å²) in [6.07, 6.45) is 5.04. The van der Waals surface area contributed by atoms with Crippen LogP contribution in [-0.4, -0.2) is 13.7 Å². The topological polar surface area (TPSA) is 21.3 Å². The van der Waals surface area contributed by atoms with Gasteiger partial charge in [0.1, 0.15) is 5.75 Å². The second-order valence-corrected chi connectivity index (χ2v) is 5.11. The second-order valence-electron chi connectivity index (χ2n) is 5.11. The van der Waals surface area contributed by atoms with Gasteiger partial charge in [0.2, 0.25) is 0 Å². The predicted octanol–water partition coefficient (Wildman–Crippen LogP) is 4.56. The lowest BCUT2D eigenvalue weighted by Crippen LogP contribution is -2.25. The fraction of sp³-hybridized carbons (Fsp3) is 0.647. The normalized spacial score (nSPS) is 12.7. The van der Waals surface area contributed by atoms with E-state index < -0.39 is 0 Å². The van der Waals surface area contributed by atoms with Crippen LogP contribution in [-0.2, 0) is 0 Å². The minimum atomic E-state index is 0.431. The predicted molar refractivity (Wildman–Crippen MR) is 82.7 cm³/mol. The summed E-state index contributed by atoms with van der Waals surface area (Å²) in [5.41, 5.74) is 1.35. The number of rotatable bonds is 9. The zero-order valence-corrected chi connectivity index (χ0v) is 12.9. The molecule has 0 aliphatic carbocycles.